The molecule has 0 saturated carbocycles. The summed E-state index contributed by atoms with van der Waals surface area (Å²) in [6.07, 6.45) is 5.31. The molecule has 0 aliphatic carbocycles. The second kappa shape index (κ2) is 8.20. The number of hydrogen-bond acceptors (Lipinski definition) is 2. The molecule has 1 saturated heterocycles. The predicted molar refractivity (Wildman–Crippen MR) is 83.3 cm³/mol. The van der Waals surface area contributed by atoms with Crippen molar-refractivity contribution in [2.75, 3.05) is 13.2 Å². The number of ether oxygens (including phenoxy) is 1. The van der Waals surface area contributed by atoms with E-state index in [1.54, 1.807) is 6.07 Å². The van der Waals surface area contributed by atoms with Crippen molar-refractivity contribution in [3.8, 4) is 0 Å². The van der Waals surface area contributed by atoms with Crippen LogP contribution in [0.2, 0.25) is 0 Å². The molecule has 21 heavy (non-hydrogen) atoms. The average molecular weight is 362 g/mol. The molecule has 0 bridgehead atoms. The number of hydrogen-bond donors (Lipinski definition) is 1. The maximum Gasteiger partial charge on any atom is 0.173 e. The van der Waals surface area contributed by atoms with E-state index in [1.165, 1.54) is 6.07 Å². The zero-order chi connectivity index (χ0) is 15.2. The summed E-state index contributed by atoms with van der Waals surface area (Å²) in [4.78, 5) is 0. The molecule has 2 nitrogen and oxygen atoms in total. The molecule has 2 rings (SSSR count). The standard InChI is InChI=1S/C16H22BrF2NO/c1-2-9-20-14(8-5-11-4-3-10-21-11)12-6-7-13(18)16(19)15(12)17/h6-7,11,14,20H,2-5,8-10H2,1H3. The van der Waals surface area contributed by atoms with E-state index < -0.39 is 11.6 Å². The first-order valence-electron chi connectivity index (χ1n) is 7.61. The van der Waals surface area contributed by atoms with Gasteiger partial charge in [-0.15, -0.1) is 0 Å². The average Bonchev–Trinajstić information content (AvgIpc) is 2.99. The van der Waals surface area contributed by atoms with E-state index in [9.17, 15) is 8.78 Å². The van der Waals surface area contributed by atoms with E-state index in [4.69, 9.17) is 4.74 Å². The normalized spacial score (nSPS) is 19.9. The first kappa shape index (κ1) is 16.8. The molecule has 1 aromatic rings. The van der Waals surface area contributed by atoms with Crippen LogP contribution in [0.4, 0.5) is 8.78 Å². The fourth-order valence-electron chi connectivity index (χ4n) is 2.72. The fourth-order valence-corrected chi connectivity index (χ4v) is 3.32. The molecule has 1 heterocycles. The highest BCUT2D eigenvalue weighted by molar-refractivity contribution is 9.10. The van der Waals surface area contributed by atoms with Gasteiger partial charge in [0, 0.05) is 12.6 Å². The molecule has 2 unspecified atom stereocenters. The molecule has 5 heteroatoms. The number of halogens is 3. The maximum absolute atomic E-state index is 13.7. The van der Waals surface area contributed by atoms with Crippen molar-refractivity contribution in [1.29, 1.82) is 0 Å². The lowest BCUT2D eigenvalue weighted by Crippen LogP contribution is -2.24. The van der Waals surface area contributed by atoms with Crippen molar-refractivity contribution in [1.82, 2.24) is 5.32 Å². The third-order valence-corrected chi connectivity index (χ3v) is 4.69. The Bertz CT molecular complexity index is 464. The number of nitrogens with one attached hydrogen (secondary N) is 1. The van der Waals surface area contributed by atoms with E-state index in [-0.39, 0.29) is 10.5 Å². The van der Waals surface area contributed by atoms with Gasteiger partial charge in [-0.25, -0.2) is 8.78 Å². The van der Waals surface area contributed by atoms with E-state index in [0.717, 1.165) is 50.8 Å². The highest BCUT2D eigenvalue weighted by Crippen LogP contribution is 2.31. The summed E-state index contributed by atoms with van der Waals surface area (Å²) in [6, 6.07) is 2.87. The Labute approximate surface area is 133 Å². The summed E-state index contributed by atoms with van der Waals surface area (Å²) in [7, 11) is 0. The Morgan fingerprint density at radius 2 is 2.24 bits per heavy atom. The van der Waals surface area contributed by atoms with Crippen LogP contribution >= 0.6 is 15.9 Å². The van der Waals surface area contributed by atoms with Gasteiger partial charge in [0.05, 0.1) is 10.6 Å². The smallest absolute Gasteiger partial charge is 0.173 e. The SMILES string of the molecule is CCCNC(CCC1CCCO1)c1ccc(F)c(F)c1Br. The van der Waals surface area contributed by atoms with Crippen LogP contribution < -0.4 is 5.32 Å². The second-order valence-electron chi connectivity index (χ2n) is 5.48. The molecule has 118 valence electrons. The van der Waals surface area contributed by atoms with Crippen molar-refractivity contribution >= 4 is 15.9 Å². The molecule has 1 N–H and O–H groups in total. The first-order chi connectivity index (χ1) is 10.1. The molecule has 1 aliphatic rings. The molecular weight excluding hydrogens is 340 g/mol. The van der Waals surface area contributed by atoms with Crippen molar-refractivity contribution in [2.24, 2.45) is 0 Å². The molecule has 0 amide bonds. The van der Waals surface area contributed by atoms with Gasteiger partial charge in [-0.1, -0.05) is 13.0 Å². The Hall–Kier alpha value is -0.520. The topological polar surface area (TPSA) is 21.3 Å². The molecule has 2 atom stereocenters. The summed E-state index contributed by atoms with van der Waals surface area (Å²) < 4.78 is 32.9. The molecule has 1 aliphatic heterocycles. The van der Waals surface area contributed by atoms with Crippen LogP contribution in [0.1, 0.15) is 50.6 Å². The van der Waals surface area contributed by atoms with Crippen molar-refractivity contribution in [2.45, 2.75) is 51.2 Å². The lowest BCUT2D eigenvalue weighted by molar-refractivity contribution is 0.0995. The zero-order valence-corrected chi connectivity index (χ0v) is 13.9. The van der Waals surface area contributed by atoms with Gasteiger partial charge in [0.2, 0.25) is 0 Å². The summed E-state index contributed by atoms with van der Waals surface area (Å²) in [5, 5.41) is 3.42. The van der Waals surface area contributed by atoms with Crippen LogP contribution in [0.15, 0.2) is 16.6 Å². The Balaban J connectivity index is 2.08. The zero-order valence-electron chi connectivity index (χ0n) is 12.3. The lowest BCUT2D eigenvalue weighted by Gasteiger charge is -2.22. The third kappa shape index (κ3) is 4.47. The summed E-state index contributed by atoms with van der Waals surface area (Å²) >= 11 is 3.19. The largest absolute Gasteiger partial charge is 0.378 e. The molecule has 0 radical (unpaired) electrons. The van der Waals surface area contributed by atoms with E-state index in [0.29, 0.717) is 6.10 Å². The van der Waals surface area contributed by atoms with Gasteiger partial charge in [0.1, 0.15) is 0 Å². The molecule has 0 aromatic heterocycles. The monoisotopic (exact) mass is 361 g/mol. The molecule has 1 aromatic carbocycles. The van der Waals surface area contributed by atoms with Gasteiger partial charge in [-0.05, 0) is 66.2 Å². The van der Waals surface area contributed by atoms with E-state index >= 15 is 0 Å². The number of benzene rings is 1. The lowest BCUT2D eigenvalue weighted by atomic mass is 9.98. The minimum atomic E-state index is -0.820. The van der Waals surface area contributed by atoms with Crippen molar-refractivity contribution in [3.05, 3.63) is 33.8 Å². The summed E-state index contributed by atoms with van der Waals surface area (Å²) in [5.41, 5.74) is 0.778. The van der Waals surface area contributed by atoms with Gasteiger partial charge in [-0.3, -0.25) is 0 Å². The van der Waals surface area contributed by atoms with Crippen molar-refractivity contribution < 1.29 is 13.5 Å². The maximum atomic E-state index is 13.7. The van der Waals surface area contributed by atoms with Gasteiger partial charge < -0.3 is 10.1 Å². The van der Waals surface area contributed by atoms with Crippen LogP contribution in [0.3, 0.4) is 0 Å². The van der Waals surface area contributed by atoms with Crippen LogP contribution in [-0.2, 0) is 4.74 Å². The second-order valence-corrected chi connectivity index (χ2v) is 6.28. The summed E-state index contributed by atoms with van der Waals surface area (Å²) in [5.74, 6) is -1.63. The van der Waals surface area contributed by atoms with Crippen molar-refractivity contribution in [3.63, 3.8) is 0 Å². The minimum absolute atomic E-state index is 0.0126. The Kier molecular flexibility index (Phi) is 6.58. The third-order valence-electron chi connectivity index (χ3n) is 3.88. The van der Waals surface area contributed by atoms with Crippen LogP contribution in [0, 0.1) is 11.6 Å². The quantitative estimate of drug-likeness (QED) is 0.709. The molecule has 1 fully saturated rings. The van der Waals surface area contributed by atoms with Crippen LogP contribution in [0.25, 0.3) is 0 Å². The van der Waals surface area contributed by atoms with E-state index in [1.807, 2.05) is 0 Å². The van der Waals surface area contributed by atoms with Gasteiger partial charge >= 0.3 is 0 Å². The van der Waals surface area contributed by atoms with Crippen LogP contribution in [0.5, 0.6) is 0 Å². The number of rotatable bonds is 7. The molecule has 0 spiro atoms. The Morgan fingerprint density at radius 3 is 2.90 bits per heavy atom. The highest BCUT2D eigenvalue weighted by atomic mass is 79.9. The Morgan fingerprint density at radius 1 is 1.43 bits per heavy atom. The van der Waals surface area contributed by atoms with Crippen LogP contribution in [-0.4, -0.2) is 19.3 Å². The fraction of sp³-hybridized carbons (Fsp3) is 0.625. The molecular formula is C16H22BrF2NO. The van der Waals surface area contributed by atoms with E-state index in [2.05, 4.69) is 28.2 Å². The minimum Gasteiger partial charge on any atom is -0.378 e. The predicted octanol–water partition coefficient (Wildman–Crippen LogP) is 4.73. The van der Waals surface area contributed by atoms with Gasteiger partial charge in [0.15, 0.2) is 11.6 Å². The highest BCUT2D eigenvalue weighted by Gasteiger charge is 2.22. The van der Waals surface area contributed by atoms with Gasteiger partial charge in [-0.2, -0.15) is 0 Å². The summed E-state index contributed by atoms with van der Waals surface area (Å²) in [6.45, 7) is 3.78. The first-order valence-corrected chi connectivity index (χ1v) is 8.41. The van der Waals surface area contributed by atoms with Gasteiger partial charge in [0.25, 0.3) is 0 Å².